The van der Waals surface area contributed by atoms with Gasteiger partial charge in [-0.1, -0.05) is 0 Å². The number of rotatable bonds is 0. The van der Waals surface area contributed by atoms with Crippen molar-refractivity contribution in [3.05, 3.63) is 43.1 Å². The van der Waals surface area contributed by atoms with Crippen LogP contribution < -0.4 is 0 Å². The molecule has 0 aliphatic heterocycles. The predicted molar refractivity (Wildman–Crippen MR) is 64.6 cm³/mol. The maximum Gasteiger partial charge on any atom is 0.153 e. The lowest BCUT2D eigenvalue weighted by Gasteiger charge is -1.95. The van der Waals surface area contributed by atoms with E-state index in [1.165, 1.54) is 0 Å². The third kappa shape index (κ3) is 1.15. The minimum absolute atomic E-state index is 0.797. The number of hydrogen-bond donors (Lipinski definition) is 0. The number of benzene rings is 1. The van der Waals surface area contributed by atoms with Crippen LogP contribution in [-0.4, -0.2) is 15.0 Å². The molecule has 0 saturated carbocycles. The van der Waals surface area contributed by atoms with Gasteiger partial charge in [0.2, 0.25) is 0 Å². The van der Waals surface area contributed by atoms with Crippen LogP contribution in [0.3, 0.4) is 0 Å². The van der Waals surface area contributed by atoms with Crippen LogP contribution in [0.15, 0.2) is 47.5 Å². The van der Waals surface area contributed by atoms with Gasteiger partial charge in [0.15, 0.2) is 5.58 Å². The molecule has 4 nitrogen and oxygen atoms in total. The summed E-state index contributed by atoms with van der Waals surface area (Å²) >= 11 is 0. The summed E-state index contributed by atoms with van der Waals surface area (Å²) in [4.78, 5) is 12.3. The number of aromatic nitrogens is 3. The van der Waals surface area contributed by atoms with Crippen molar-refractivity contribution in [3.8, 4) is 0 Å². The lowest BCUT2D eigenvalue weighted by molar-refractivity contribution is 0.667. The fraction of sp³-hybridized carbons (Fsp3) is 0. The maximum absolute atomic E-state index is 5.74. The first-order valence-corrected chi connectivity index (χ1v) is 5.28. The van der Waals surface area contributed by atoms with Gasteiger partial charge in [-0.05, 0) is 18.2 Å². The van der Waals surface area contributed by atoms with E-state index >= 15 is 0 Å². The molecule has 4 rings (SSSR count). The Hall–Kier alpha value is -2.49. The molecule has 17 heavy (non-hydrogen) atoms. The minimum atomic E-state index is 0.797. The first-order valence-electron chi connectivity index (χ1n) is 5.28. The molecule has 0 amide bonds. The Morgan fingerprint density at radius 1 is 0.941 bits per heavy atom. The van der Waals surface area contributed by atoms with E-state index in [-0.39, 0.29) is 0 Å². The fourth-order valence-corrected chi connectivity index (χ4v) is 2.11. The number of fused-ring (bicyclic) bond motifs is 4. The van der Waals surface area contributed by atoms with Gasteiger partial charge in [-0.15, -0.1) is 0 Å². The molecule has 0 radical (unpaired) electrons. The summed E-state index contributed by atoms with van der Waals surface area (Å²) in [6.07, 6.45) is 6.83. The Bertz CT molecular complexity index is 845. The minimum Gasteiger partial charge on any atom is -0.454 e. The summed E-state index contributed by atoms with van der Waals surface area (Å²) in [5, 5.41) is 3.11. The van der Waals surface area contributed by atoms with Crippen molar-refractivity contribution < 1.29 is 4.42 Å². The van der Waals surface area contributed by atoms with Crippen LogP contribution in [-0.2, 0) is 0 Å². The second kappa shape index (κ2) is 3.01. The first-order chi connectivity index (χ1) is 8.42. The smallest absolute Gasteiger partial charge is 0.153 e. The molecule has 1 aromatic carbocycles. The van der Waals surface area contributed by atoms with E-state index in [1.807, 2.05) is 18.2 Å². The number of hydrogen-bond acceptors (Lipinski definition) is 4. The summed E-state index contributed by atoms with van der Waals surface area (Å²) in [5.41, 5.74) is 2.56. The summed E-state index contributed by atoms with van der Waals surface area (Å²) in [6, 6.07) is 5.94. The van der Waals surface area contributed by atoms with E-state index in [4.69, 9.17) is 4.42 Å². The molecule has 0 aliphatic rings. The average Bonchev–Trinajstić information content (AvgIpc) is 2.73. The van der Waals surface area contributed by atoms with Crippen molar-refractivity contribution in [3.63, 3.8) is 0 Å². The van der Waals surface area contributed by atoms with Gasteiger partial charge in [0.25, 0.3) is 0 Å². The third-order valence-electron chi connectivity index (χ3n) is 2.90. The predicted octanol–water partition coefficient (Wildman–Crippen LogP) is 2.92. The number of pyridine rings is 1. The van der Waals surface area contributed by atoms with E-state index in [0.717, 1.165) is 32.8 Å². The lowest BCUT2D eigenvalue weighted by Crippen LogP contribution is -1.79. The molecule has 0 bridgehead atoms. The summed E-state index contributed by atoms with van der Waals surface area (Å²) in [6.45, 7) is 0. The van der Waals surface area contributed by atoms with Gasteiger partial charge in [-0.2, -0.15) is 0 Å². The topological polar surface area (TPSA) is 51.8 Å². The van der Waals surface area contributed by atoms with Gasteiger partial charge in [-0.25, -0.2) is 9.97 Å². The van der Waals surface area contributed by atoms with Gasteiger partial charge < -0.3 is 4.42 Å². The van der Waals surface area contributed by atoms with Crippen LogP contribution >= 0.6 is 0 Å². The molecule has 4 heteroatoms. The summed E-state index contributed by atoms with van der Waals surface area (Å²) in [5.74, 6) is 0. The van der Waals surface area contributed by atoms with Crippen molar-refractivity contribution in [1.82, 2.24) is 15.0 Å². The standard InChI is InChI=1S/C13H7N3O/c1-2-14-6-13-9(1)10-4-11-8(3-12(10)17-13)5-15-7-16-11/h1-7H. The second-order valence-electron chi connectivity index (χ2n) is 3.90. The van der Waals surface area contributed by atoms with Crippen LogP contribution in [0.2, 0.25) is 0 Å². The lowest BCUT2D eigenvalue weighted by atomic mass is 10.1. The molecule has 0 spiro atoms. The second-order valence-corrected chi connectivity index (χ2v) is 3.90. The highest BCUT2D eigenvalue weighted by Gasteiger charge is 2.08. The highest BCUT2D eigenvalue weighted by molar-refractivity contribution is 6.08. The molecule has 0 unspecified atom stereocenters. The molecule has 0 fully saturated rings. The summed E-state index contributed by atoms with van der Waals surface area (Å²) < 4.78 is 5.74. The molecule has 80 valence electrons. The molecule has 0 aliphatic carbocycles. The average molecular weight is 221 g/mol. The molecule has 4 aromatic rings. The SMILES string of the molecule is c1cc2c(cn1)oc1cc3cncnc3cc12. The van der Waals surface area contributed by atoms with Crippen LogP contribution in [0.1, 0.15) is 0 Å². The Morgan fingerprint density at radius 2 is 1.94 bits per heavy atom. The Balaban J connectivity index is 2.28. The summed E-state index contributed by atoms with van der Waals surface area (Å²) in [7, 11) is 0. The molecule has 0 saturated heterocycles. The fourth-order valence-electron chi connectivity index (χ4n) is 2.11. The first kappa shape index (κ1) is 8.64. The quantitative estimate of drug-likeness (QED) is 0.458. The van der Waals surface area contributed by atoms with Crippen molar-refractivity contribution in [2.45, 2.75) is 0 Å². The van der Waals surface area contributed by atoms with Crippen LogP contribution in [0, 0.1) is 0 Å². The molecule has 0 atom stereocenters. The van der Waals surface area contributed by atoms with Gasteiger partial charge >= 0.3 is 0 Å². The van der Waals surface area contributed by atoms with Gasteiger partial charge in [0, 0.05) is 28.6 Å². The van der Waals surface area contributed by atoms with Crippen molar-refractivity contribution >= 4 is 32.8 Å². The molecular formula is C13H7N3O. The Labute approximate surface area is 95.9 Å². The van der Waals surface area contributed by atoms with E-state index in [1.54, 1.807) is 24.9 Å². The molecule has 0 N–H and O–H groups in total. The monoisotopic (exact) mass is 221 g/mol. The highest BCUT2D eigenvalue weighted by atomic mass is 16.3. The van der Waals surface area contributed by atoms with Gasteiger partial charge in [0.1, 0.15) is 11.9 Å². The van der Waals surface area contributed by atoms with E-state index in [0.29, 0.717) is 0 Å². The van der Waals surface area contributed by atoms with Gasteiger partial charge in [0.05, 0.1) is 11.7 Å². The third-order valence-corrected chi connectivity index (χ3v) is 2.90. The Kier molecular flexibility index (Phi) is 1.53. The number of nitrogens with zero attached hydrogens (tertiary/aromatic N) is 3. The van der Waals surface area contributed by atoms with Crippen molar-refractivity contribution in [2.24, 2.45) is 0 Å². The highest BCUT2D eigenvalue weighted by Crippen LogP contribution is 2.30. The zero-order valence-corrected chi connectivity index (χ0v) is 8.79. The van der Waals surface area contributed by atoms with Crippen molar-refractivity contribution in [2.75, 3.05) is 0 Å². The van der Waals surface area contributed by atoms with Crippen LogP contribution in [0.4, 0.5) is 0 Å². The van der Waals surface area contributed by atoms with E-state index in [9.17, 15) is 0 Å². The largest absolute Gasteiger partial charge is 0.454 e. The van der Waals surface area contributed by atoms with Crippen LogP contribution in [0.25, 0.3) is 32.8 Å². The molecular weight excluding hydrogens is 214 g/mol. The molecule has 3 aromatic heterocycles. The molecule has 3 heterocycles. The van der Waals surface area contributed by atoms with E-state index in [2.05, 4.69) is 15.0 Å². The van der Waals surface area contributed by atoms with Crippen LogP contribution in [0.5, 0.6) is 0 Å². The Morgan fingerprint density at radius 3 is 2.94 bits per heavy atom. The van der Waals surface area contributed by atoms with Gasteiger partial charge in [-0.3, -0.25) is 4.98 Å². The van der Waals surface area contributed by atoms with Crippen molar-refractivity contribution in [1.29, 1.82) is 0 Å². The normalized spacial score (nSPS) is 11.5. The zero-order chi connectivity index (χ0) is 11.2. The number of furan rings is 1. The van der Waals surface area contributed by atoms with E-state index < -0.39 is 0 Å². The maximum atomic E-state index is 5.74. The zero-order valence-electron chi connectivity index (χ0n) is 8.79.